The van der Waals surface area contributed by atoms with E-state index in [4.69, 9.17) is 23.7 Å². The molecule has 0 fully saturated rings. The maximum absolute atomic E-state index is 13.0. The molecule has 42 heavy (non-hydrogen) atoms. The van der Waals surface area contributed by atoms with Gasteiger partial charge in [-0.15, -0.1) is 0 Å². The van der Waals surface area contributed by atoms with Gasteiger partial charge in [0.05, 0.1) is 17.9 Å². The molecule has 0 aliphatic carbocycles. The van der Waals surface area contributed by atoms with Crippen LogP contribution >= 0.6 is 0 Å². The number of ether oxygens (including phenoxy) is 5. The number of hydrogen-bond acceptors (Lipinski definition) is 8. The average Bonchev–Trinajstić information content (AvgIpc) is 2.90. The molecule has 0 amide bonds. The molecule has 0 aromatic heterocycles. The first-order valence-electron chi connectivity index (χ1n) is 14.1. The quantitative estimate of drug-likeness (QED) is 0.109. The molecule has 0 aliphatic heterocycles. The first-order chi connectivity index (χ1) is 19.5. The van der Waals surface area contributed by atoms with Gasteiger partial charge in [0.2, 0.25) is 13.6 Å². The second-order valence-electron chi connectivity index (χ2n) is 12.8. The Morgan fingerprint density at radius 1 is 0.762 bits per heavy atom. The van der Waals surface area contributed by atoms with Crippen LogP contribution in [0.4, 0.5) is 0 Å². The number of benzene rings is 2. The van der Waals surface area contributed by atoms with Crippen molar-refractivity contribution < 1.29 is 38.1 Å². The molecule has 0 radical (unpaired) electrons. The molecule has 0 bridgehead atoms. The van der Waals surface area contributed by atoms with E-state index < -0.39 is 10.8 Å². The molecule has 0 unspecified atom stereocenters. The Labute approximate surface area is 250 Å². The number of esters is 2. The van der Waals surface area contributed by atoms with Crippen LogP contribution in [0.3, 0.4) is 0 Å². The maximum Gasteiger partial charge on any atom is 0.314 e. The second kappa shape index (κ2) is 14.4. The summed E-state index contributed by atoms with van der Waals surface area (Å²) in [6.45, 7) is 18.4. The molecule has 8 nitrogen and oxygen atoms in total. The Bertz CT molecular complexity index is 1270. The Balaban J connectivity index is 2.28. The van der Waals surface area contributed by atoms with Gasteiger partial charge in [-0.1, -0.05) is 27.7 Å². The molecule has 230 valence electrons. The van der Waals surface area contributed by atoms with E-state index in [0.717, 1.165) is 16.7 Å². The minimum atomic E-state index is -0.641. The minimum absolute atomic E-state index is 0.0186. The summed E-state index contributed by atoms with van der Waals surface area (Å²) in [7, 11) is 1.58. The van der Waals surface area contributed by atoms with Crippen molar-refractivity contribution in [2.45, 2.75) is 81.1 Å². The summed E-state index contributed by atoms with van der Waals surface area (Å²) in [5.74, 6) is 0.868. The predicted octanol–water partition coefficient (Wildman–Crippen LogP) is 7.69. The molecule has 8 heteroatoms. The predicted molar refractivity (Wildman–Crippen MR) is 163 cm³/mol. The molecule has 0 spiro atoms. The Hall–Kier alpha value is -3.81. The highest BCUT2D eigenvalue weighted by molar-refractivity contribution is 6.07. The van der Waals surface area contributed by atoms with Crippen molar-refractivity contribution in [1.29, 1.82) is 0 Å². The molecule has 0 heterocycles. The molecular weight excluding hydrogens is 536 g/mol. The molecule has 0 atom stereocenters. The summed E-state index contributed by atoms with van der Waals surface area (Å²) < 4.78 is 27.9. The van der Waals surface area contributed by atoms with E-state index in [0.29, 0.717) is 22.8 Å². The van der Waals surface area contributed by atoms with E-state index in [2.05, 4.69) is 0 Å². The van der Waals surface area contributed by atoms with Gasteiger partial charge in [0.1, 0.15) is 17.2 Å². The number of allylic oxidation sites excluding steroid dienone is 1. The van der Waals surface area contributed by atoms with E-state index >= 15 is 0 Å². The van der Waals surface area contributed by atoms with Crippen LogP contribution in [0.25, 0.3) is 6.08 Å². The van der Waals surface area contributed by atoms with Crippen LogP contribution in [0, 0.1) is 10.8 Å². The van der Waals surface area contributed by atoms with E-state index in [-0.39, 0.29) is 43.1 Å². The third-order valence-electron chi connectivity index (χ3n) is 6.31. The molecule has 0 N–H and O–H groups in total. The molecule has 2 rings (SSSR count). The molecule has 0 saturated heterocycles. The van der Waals surface area contributed by atoms with E-state index in [1.165, 1.54) is 6.08 Å². The molecule has 2 aromatic rings. The first-order valence-corrected chi connectivity index (χ1v) is 14.1. The summed E-state index contributed by atoms with van der Waals surface area (Å²) in [5.41, 5.74) is 1.69. The van der Waals surface area contributed by atoms with Crippen molar-refractivity contribution in [2.75, 3.05) is 20.7 Å². The normalized spacial score (nSPS) is 12.0. The zero-order valence-electron chi connectivity index (χ0n) is 26.9. The Morgan fingerprint density at radius 2 is 1.29 bits per heavy atom. The van der Waals surface area contributed by atoms with Crippen molar-refractivity contribution in [2.24, 2.45) is 10.8 Å². The van der Waals surface area contributed by atoms with Crippen LogP contribution in [0.1, 0.15) is 108 Å². The number of ketones is 1. The summed E-state index contributed by atoms with van der Waals surface area (Å²) in [6.07, 6.45) is 3.23. The molecule has 2 aromatic carbocycles. The molecular formula is C34H46O8. The monoisotopic (exact) mass is 582 g/mol. The van der Waals surface area contributed by atoms with Gasteiger partial charge in [-0.3, -0.25) is 14.4 Å². The fraction of sp³-hybridized carbons (Fsp3) is 0.500. The zero-order valence-corrected chi connectivity index (χ0v) is 26.9. The van der Waals surface area contributed by atoms with Crippen molar-refractivity contribution in [1.82, 2.24) is 0 Å². The standard InChI is InChI=1S/C34H46O8/c1-21(2)26-18-24(29(38-11)28(22(3)4)30(26)40-20-42-32(37)34(8,9)10)14-17-27(35)23-12-15-25(16-13-23)39-19-41-31(36)33(5,6)7/h12-18,21-22H,19-20H2,1-11H3. The highest BCUT2D eigenvalue weighted by atomic mass is 16.7. The van der Waals surface area contributed by atoms with Crippen LogP contribution in [-0.4, -0.2) is 38.4 Å². The number of carbonyl (C=O) groups is 3. The lowest BCUT2D eigenvalue weighted by Crippen LogP contribution is -2.25. The largest absolute Gasteiger partial charge is 0.496 e. The highest BCUT2D eigenvalue weighted by Gasteiger charge is 2.26. The topological polar surface area (TPSA) is 97.4 Å². The summed E-state index contributed by atoms with van der Waals surface area (Å²) >= 11 is 0. The van der Waals surface area contributed by atoms with Gasteiger partial charge in [0.15, 0.2) is 5.78 Å². The van der Waals surface area contributed by atoms with Crippen molar-refractivity contribution in [3.63, 3.8) is 0 Å². The lowest BCUT2D eigenvalue weighted by molar-refractivity contribution is -0.160. The van der Waals surface area contributed by atoms with Gasteiger partial charge in [0.25, 0.3) is 0 Å². The van der Waals surface area contributed by atoms with Gasteiger partial charge < -0.3 is 23.7 Å². The van der Waals surface area contributed by atoms with E-state index in [1.807, 2.05) is 33.8 Å². The number of hydrogen-bond donors (Lipinski definition) is 0. The Morgan fingerprint density at radius 3 is 1.74 bits per heavy atom. The van der Waals surface area contributed by atoms with Crippen LogP contribution in [0.15, 0.2) is 36.4 Å². The SMILES string of the molecule is COc1c(C=CC(=O)c2ccc(OCOC(=O)C(C)(C)C)cc2)cc(C(C)C)c(OCOC(=O)C(C)(C)C)c1C(C)C. The zero-order chi connectivity index (χ0) is 31.8. The van der Waals surface area contributed by atoms with Gasteiger partial charge in [-0.2, -0.15) is 0 Å². The average molecular weight is 583 g/mol. The van der Waals surface area contributed by atoms with Crippen LogP contribution in [0.5, 0.6) is 17.2 Å². The van der Waals surface area contributed by atoms with Gasteiger partial charge >= 0.3 is 11.9 Å². The number of rotatable bonds is 12. The molecule has 0 aliphatic rings. The van der Waals surface area contributed by atoms with E-state index in [9.17, 15) is 14.4 Å². The lowest BCUT2D eigenvalue weighted by Gasteiger charge is -2.25. The van der Waals surface area contributed by atoms with Gasteiger partial charge in [0, 0.05) is 16.7 Å². The summed E-state index contributed by atoms with van der Waals surface area (Å²) in [5, 5.41) is 0. The van der Waals surface area contributed by atoms with Crippen LogP contribution < -0.4 is 14.2 Å². The fourth-order valence-corrected chi connectivity index (χ4v) is 3.88. The van der Waals surface area contributed by atoms with Crippen LogP contribution in [-0.2, 0) is 19.1 Å². The first kappa shape index (κ1) is 34.4. The van der Waals surface area contributed by atoms with E-state index in [1.54, 1.807) is 79.0 Å². The van der Waals surface area contributed by atoms with Crippen LogP contribution in [0.2, 0.25) is 0 Å². The van der Waals surface area contributed by atoms with Crippen molar-refractivity contribution in [3.8, 4) is 17.2 Å². The minimum Gasteiger partial charge on any atom is -0.496 e. The van der Waals surface area contributed by atoms with Gasteiger partial charge in [-0.25, -0.2) is 0 Å². The van der Waals surface area contributed by atoms with Crippen molar-refractivity contribution >= 4 is 23.8 Å². The highest BCUT2D eigenvalue weighted by Crippen LogP contribution is 2.44. The van der Waals surface area contributed by atoms with Gasteiger partial charge in [-0.05, 0) is 101 Å². The molecule has 0 saturated carbocycles. The summed E-state index contributed by atoms with van der Waals surface area (Å²) in [4.78, 5) is 37.2. The fourth-order valence-electron chi connectivity index (χ4n) is 3.88. The lowest BCUT2D eigenvalue weighted by atomic mass is 9.90. The number of methoxy groups -OCH3 is 1. The maximum atomic E-state index is 13.0. The smallest absolute Gasteiger partial charge is 0.314 e. The number of carbonyl (C=O) groups excluding carboxylic acids is 3. The third-order valence-corrected chi connectivity index (χ3v) is 6.31. The van der Waals surface area contributed by atoms with Crippen molar-refractivity contribution in [3.05, 3.63) is 58.7 Å². The Kier molecular flexibility index (Phi) is 11.8. The second-order valence-corrected chi connectivity index (χ2v) is 12.8. The third kappa shape index (κ3) is 9.36. The summed E-state index contributed by atoms with van der Waals surface area (Å²) in [6, 6.07) is 8.55.